The quantitative estimate of drug-likeness (QED) is 0.696. The Morgan fingerprint density at radius 2 is 1.56 bits per heavy atom. The molecular formula is C21H24FN5. The molecule has 6 heteroatoms. The molecule has 5 nitrogen and oxygen atoms in total. The first kappa shape index (κ1) is 17.7. The summed E-state index contributed by atoms with van der Waals surface area (Å²) in [6.07, 6.45) is 0.867. The molecule has 3 aromatic rings. The largest absolute Gasteiger partial charge is 0.369 e. The number of piperazine rings is 1. The maximum absolute atomic E-state index is 13.1. The van der Waals surface area contributed by atoms with E-state index in [4.69, 9.17) is 0 Å². The fourth-order valence-electron chi connectivity index (χ4n) is 3.62. The second-order valence-electron chi connectivity index (χ2n) is 6.89. The van der Waals surface area contributed by atoms with Gasteiger partial charge in [0.15, 0.2) is 0 Å². The molecule has 2 heterocycles. The van der Waals surface area contributed by atoms with Gasteiger partial charge < -0.3 is 4.90 Å². The summed E-state index contributed by atoms with van der Waals surface area (Å²) in [5.74, 6) is 1.73. The van der Waals surface area contributed by atoms with Crippen LogP contribution in [0.25, 0.3) is 5.69 Å². The van der Waals surface area contributed by atoms with Crippen molar-refractivity contribution in [3.05, 3.63) is 72.1 Å². The van der Waals surface area contributed by atoms with E-state index < -0.39 is 0 Å². The zero-order chi connectivity index (χ0) is 18.6. The molecular weight excluding hydrogens is 341 g/mol. The number of nitrogens with zero attached hydrogens (tertiary/aromatic N) is 5. The van der Waals surface area contributed by atoms with E-state index in [0.29, 0.717) is 0 Å². The second-order valence-corrected chi connectivity index (χ2v) is 6.89. The highest BCUT2D eigenvalue weighted by atomic mass is 19.1. The zero-order valence-electron chi connectivity index (χ0n) is 15.6. The van der Waals surface area contributed by atoms with Gasteiger partial charge >= 0.3 is 0 Å². The van der Waals surface area contributed by atoms with E-state index in [-0.39, 0.29) is 5.82 Å². The van der Waals surface area contributed by atoms with Gasteiger partial charge in [0.1, 0.15) is 17.5 Å². The normalized spacial score (nSPS) is 15.3. The molecule has 27 heavy (non-hydrogen) atoms. The highest BCUT2D eigenvalue weighted by molar-refractivity contribution is 5.46. The number of aryl methyl sites for hydroxylation is 1. The number of anilines is 1. The van der Waals surface area contributed by atoms with Crippen molar-refractivity contribution in [2.24, 2.45) is 0 Å². The van der Waals surface area contributed by atoms with E-state index in [1.165, 1.54) is 12.1 Å². The molecule has 1 aliphatic heterocycles. The minimum Gasteiger partial charge on any atom is -0.369 e. The van der Waals surface area contributed by atoms with E-state index in [2.05, 4.69) is 36.7 Å². The van der Waals surface area contributed by atoms with Gasteiger partial charge in [0.05, 0.1) is 0 Å². The van der Waals surface area contributed by atoms with Crippen LogP contribution in [0.2, 0.25) is 0 Å². The van der Waals surface area contributed by atoms with Crippen LogP contribution in [-0.4, -0.2) is 52.4 Å². The Bertz CT molecular complexity index is 867. The van der Waals surface area contributed by atoms with Gasteiger partial charge in [0.25, 0.3) is 0 Å². The molecule has 1 aliphatic rings. The lowest BCUT2D eigenvalue weighted by molar-refractivity contribution is 0.259. The summed E-state index contributed by atoms with van der Waals surface area (Å²) in [5, 5.41) is 8.66. The molecule has 0 radical (unpaired) electrons. The van der Waals surface area contributed by atoms with Gasteiger partial charge in [-0.3, -0.25) is 9.47 Å². The van der Waals surface area contributed by atoms with Crippen molar-refractivity contribution < 1.29 is 4.39 Å². The fraction of sp³-hybridized carbons (Fsp3) is 0.333. The minimum atomic E-state index is -0.185. The molecule has 0 unspecified atom stereocenters. The maximum atomic E-state index is 13.1. The standard InChI is InChI=1S/C21H24FN5/c1-17-23-24-21(27(17)20-5-3-2-4-6-20)11-12-25-13-15-26(16-14-25)19-9-7-18(22)8-10-19/h2-10H,11-16H2,1H3. The van der Waals surface area contributed by atoms with Crippen molar-refractivity contribution in [1.82, 2.24) is 19.7 Å². The van der Waals surface area contributed by atoms with Gasteiger partial charge in [-0.1, -0.05) is 18.2 Å². The van der Waals surface area contributed by atoms with Crippen LogP contribution in [0, 0.1) is 12.7 Å². The lowest BCUT2D eigenvalue weighted by Crippen LogP contribution is -2.47. The lowest BCUT2D eigenvalue weighted by Gasteiger charge is -2.36. The molecule has 0 aliphatic carbocycles. The van der Waals surface area contributed by atoms with Crippen LogP contribution in [0.1, 0.15) is 11.6 Å². The summed E-state index contributed by atoms with van der Waals surface area (Å²) in [7, 11) is 0. The van der Waals surface area contributed by atoms with Crippen molar-refractivity contribution in [2.75, 3.05) is 37.6 Å². The third-order valence-corrected chi connectivity index (χ3v) is 5.12. The number of para-hydroxylation sites is 1. The average molecular weight is 365 g/mol. The first-order chi connectivity index (χ1) is 13.2. The van der Waals surface area contributed by atoms with Crippen LogP contribution in [0.5, 0.6) is 0 Å². The van der Waals surface area contributed by atoms with Crippen molar-refractivity contribution in [2.45, 2.75) is 13.3 Å². The fourth-order valence-corrected chi connectivity index (χ4v) is 3.62. The van der Waals surface area contributed by atoms with E-state index in [0.717, 1.165) is 62.2 Å². The number of benzene rings is 2. The van der Waals surface area contributed by atoms with Crippen LogP contribution in [0.15, 0.2) is 54.6 Å². The number of aromatic nitrogens is 3. The summed E-state index contributed by atoms with van der Waals surface area (Å²) in [4.78, 5) is 4.77. The molecule has 1 saturated heterocycles. The Morgan fingerprint density at radius 3 is 2.26 bits per heavy atom. The second kappa shape index (κ2) is 7.88. The number of hydrogen-bond donors (Lipinski definition) is 0. The molecule has 0 saturated carbocycles. The third-order valence-electron chi connectivity index (χ3n) is 5.12. The molecule has 4 rings (SSSR count). The van der Waals surface area contributed by atoms with E-state index in [1.807, 2.05) is 37.3 Å². The molecule has 140 valence electrons. The van der Waals surface area contributed by atoms with Crippen molar-refractivity contribution >= 4 is 5.69 Å². The number of halogens is 1. The summed E-state index contributed by atoms with van der Waals surface area (Å²) in [5.41, 5.74) is 2.20. The summed E-state index contributed by atoms with van der Waals surface area (Å²) in [6, 6.07) is 17.0. The molecule has 0 amide bonds. The van der Waals surface area contributed by atoms with E-state index in [1.54, 1.807) is 0 Å². The maximum Gasteiger partial charge on any atom is 0.138 e. The Hall–Kier alpha value is -2.73. The Labute approximate surface area is 159 Å². The van der Waals surface area contributed by atoms with Gasteiger partial charge in [0.2, 0.25) is 0 Å². The monoisotopic (exact) mass is 365 g/mol. The van der Waals surface area contributed by atoms with E-state index in [9.17, 15) is 4.39 Å². The summed E-state index contributed by atoms with van der Waals surface area (Å²) >= 11 is 0. The topological polar surface area (TPSA) is 37.2 Å². The average Bonchev–Trinajstić information content (AvgIpc) is 3.08. The van der Waals surface area contributed by atoms with Crippen LogP contribution in [0.4, 0.5) is 10.1 Å². The third kappa shape index (κ3) is 4.01. The van der Waals surface area contributed by atoms with Gasteiger partial charge in [-0.05, 0) is 43.3 Å². The van der Waals surface area contributed by atoms with Gasteiger partial charge in [-0.15, -0.1) is 10.2 Å². The number of hydrogen-bond acceptors (Lipinski definition) is 4. The van der Waals surface area contributed by atoms with Gasteiger partial charge in [-0.2, -0.15) is 0 Å². The summed E-state index contributed by atoms with van der Waals surface area (Å²) < 4.78 is 15.2. The summed E-state index contributed by atoms with van der Waals surface area (Å²) in [6.45, 7) is 6.85. The molecule has 0 atom stereocenters. The Morgan fingerprint density at radius 1 is 0.852 bits per heavy atom. The molecule has 1 aromatic heterocycles. The van der Waals surface area contributed by atoms with E-state index >= 15 is 0 Å². The van der Waals surface area contributed by atoms with Crippen molar-refractivity contribution in [3.8, 4) is 5.69 Å². The van der Waals surface area contributed by atoms with Gasteiger partial charge in [0, 0.05) is 50.5 Å². The lowest BCUT2D eigenvalue weighted by atomic mass is 10.2. The Kier molecular flexibility index (Phi) is 5.16. The SMILES string of the molecule is Cc1nnc(CCN2CCN(c3ccc(F)cc3)CC2)n1-c1ccccc1. The van der Waals surface area contributed by atoms with Crippen LogP contribution in [0.3, 0.4) is 0 Å². The first-order valence-corrected chi connectivity index (χ1v) is 9.40. The molecule has 2 aromatic carbocycles. The zero-order valence-corrected chi connectivity index (χ0v) is 15.6. The first-order valence-electron chi connectivity index (χ1n) is 9.40. The van der Waals surface area contributed by atoms with Crippen LogP contribution < -0.4 is 4.90 Å². The Balaban J connectivity index is 1.35. The predicted molar refractivity (Wildman–Crippen MR) is 105 cm³/mol. The highest BCUT2D eigenvalue weighted by Crippen LogP contribution is 2.18. The predicted octanol–water partition coefficient (Wildman–Crippen LogP) is 3.08. The molecule has 0 spiro atoms. The van der Waals surface area contributed by atoms with Gasteiger partial charge in [-0.25, -0.2) is 4.39 Å². The minimum absolute atomic E-state index is 0.185. The molecule has 1 fully saturated rings. The molecule has 0 bridgehead atoms. The van der Waals surface area contributed by atoms with Crippen LogP contribution >= 0.6 is 0 Å². The molecule has 0 N–H and O–H groups in total. The van der Waals surface area contributed by atoms with Crippen LogP contribution in [-0.2, 0) is 6.42 Å². The number of rotatable bonds is 5. The van der Waals surface area contributed by atoms with Crippen molar-refractivity contribution in [1.29, 1.82) is 0 Å². The highest BCUT2D eigenvalue weighted by Gasteiger charge is 2.18. The van der Waals surface area contributed by atoms with Crippen molar-refractivity contribution in [3.63, 3.8) is 0 Å². The smallest absolute Gasteiger partial charge is 0.138 e.